The highest BCUT2D eigenvalue weighted by molar-refractivity contribution is 5.96. The van der Waals surface area contributed by atoms with Gasteiger partial charge in [-0.15, -0.1) is 0 Å². The van der Waals surface area contributed by atoms with Crippen LogP contribution in [0.1, 0.15) is 35.2 Å². The first-order chi connectivity index (χ1) is 8.75. The summed E-state index contributed by atoms with van der Waals surface area (Å²) >= 11 is 0. The summed E-state index contributed by atoms with van der Waals surface area (Å²) in [5, 5.41) is 0. The Bertz CT molecular complexity index is 587. The molecule has 0 saturated carbocycles. The molecule has 1 atom stereocenters. The van der Waals surface area contributed by atoms with Gasteiger partial charge < -0.3 is 4.74 Å². The van der Waals surface area contributed by atoms with Crippen molar-refractivity contribution in [3.63, 3.8) is 0 Å². The van der Waals surface area contributed by atoms with Gasteiger partial charge in [-0.05, 0) is 12.0 Å². The number of fused-ring (bicyclic) bond motifs is 1. The number of ether oxygens (including phenoxy) is 1. The molecule has 0 bridgehead atoms. The average molecular weight is 238 g/mol. The van der Waals surface area contributed by atoms with Crippen LogP contribution in [0.2, 0.25) is 0 Å². The van der Waals surface area contributed by atoms with Crippen molar-refractivity contribution >= 4 is 5.78 Å². The van der Waals surface area contributed by atoms with E-state index in [-0.39, 0.29) is 11.7 Å². The van der Waals surface area contributed by atoms with Gasteiger partial charge in [0.2, 0.25) is 0 Å². The topological polar surface area (TPSA) is 29.6 Å². The van der Waals surface area contributed by atoms with Crippen LogP contribution < -0.4 is 4.74 Å². The monoisotopic (exact) mass is 238 g/mol. The fraction of sp³-hybridized carbons (Fsp3) is 0.188. The zero-order chi connectivity index (χ0) is 12.5. The van der Waals surface area contributed by atoms with E-state index < -0.39 is 0 Å². The minimum absolute atomic E-state index is 0.182. The van der Waals surface area contributed by atoms with Crippen LogP contribution in [0.4, 0.5) is 0 Å². The standard InChI is InChI=1S/C16H14O2/c1-11(13-8-5-9-15-16(13)18-15)10-14(17)12-6-3-2-4-7-12/h2-9,11H,10H2,1H3. The first kappa shape index (κ1) is 11.0. The van der Waals surface area contributed by atoms with Crippen molar-refractivity contribution in [3.05, 3.63) is 59.7 Å². The van der Waals surface area contributed by atoms with Gasteiger partial charge in [0, 0.05) is 17.5 Å². The molecule has 0 aromatic heterocycles. The summed E-state index contributed by atoms with van der Waals surface area (Å²) in [5.41, 5.74) is 1.92. The molecule has 1 aliphatic rings. The number of ketones is 1. The second-order valence-electron chi connectivity index (χ2n) is 4.67. The number of carbonyl (C=O) groups excluding carboxylic acids is 1. The van der Waals surface area contributed by atoms with Gasteiger partial charge in [-0.1, -0.05) is 49.4 Å². The lowest BCUT2D eigenvalue weighted by Gasteiger charge is -2.09. The first-order valence-corrected chi connectivity index (χ1v) is 6.14. The molecule has 18 heavy (non-hydrogen) atoms. The van der Waals surface area contributed by atoms with Crippen LogP contribution >= 0.6 is 0 Å². The predicted octanol–water partition coefficient (Wildman–Crippen LogP) is 4.17. The normalized spacial score (nSPS) is 13.4. The van der Waals surface area contributed by atoms with Crippen molar-refractivity contribution in [2.75, 3.05) is 0 Å². The van der Waals surface area contributed by atoms with E-state index in [0.29, 0.717) is 6.42 Å². The van der Waals surface area contributed by atoms with E-state index in [1.165, 1.54) is 0 Å². The largest absolute Gasteiger partial charge is 0.449 e. The summed E-state index contributed by atoms with van der Waals surface area (Å²) in [6.07, 6.45) is 0.518. The molecule has 1 aliphatic heterocycles. The average Bonchev–Trinajstić information content (AvgIpc) is 3.18. The fourth-order valence-electron chi connectivity index (χ4n) is 2.23. The Hall–Kier alpha value is -2.09. The Balaban J connectivity index is 1.74. The Labute approximate surface area is 106 Å². The number of hydrogen-bond donors (Lipinski definition) is 0. The summed E-state index contributed by atoms with van der Waals surface area (Å²) in [5.74, 6) is 2.29. The molecule has 0 saturated heterocycles. The molecule has 0 amide bonds. The smallest absolute Gasteiger partial charge is 0.173 e. The lowest BCUT2D eigenvalue weighted by Crippen LogP contribution is -2.04. The molecule has 2 heteroatoms. The Morgan fingerprint density at radius 2 is 1.89 bits per heavy atom. The quantitative estimate of drug-likeness (QED) is 0.504. The van der Waals surface area contributed by atoms with Crippen LogP contribution in [0.15, 0.2) is 48.5 Å². The summed E-state index contributed by atoms with van der Waals surface area (Å²) in [4.78, 5) is 12.1. The third kappa shape index (κ3) is 2.02. The van der Waals surface area contributed by atoms with Crippen LogP contribution in [0, 0.1) is 0 Å². The number of hydrogen-bond acceptors (Lipinski definition) is 2. The molecule has 0 N–H and O–H groups in total. The van der Waals surface area contributed by atoms with E-state index in [1.807, 2.05) is 48.5 Å². The summed E-state index contributed by atoms with van der Waals surface area (Å²) in [6.45, 7) is 2.07. The predicted molar refractivity (Wildman–Crippen MR) is 70.3 cm³/mol. The molecule has 2 aromatic carbocycles. The van der Waals surface area contributed by atoms with Crippen molar-refractivity contribution in [3.8, 4) is 11.5 Å². The molecule has 0 fully saturated rings. The minimum atomic E-state index is 0.182. The molecule has 0 spiro atoms. The third-order valence-electron chi connectivity index (χ3n) is 3.30. The van der Waals surface area contributed by atoms with Crippen LogP contribution in [-0.4, -0.2) is 5.78 Å². The van der Waals surface area contributed by atoms with Crippen molar-refractivity contribution in [2.24, 2.45) is 0 Å². The molecular formula is C16H14O2. The highest BCUT2D eigenvalue weighted by Crippen LogP contribution is 2.50. The van der Waals surface area contributed by atoms with Crippen LogP contribution in [0.25, 0.3) is 0 Å². The van der Waals surface area contributed by atoms with Crippen molar-refractivity contribution < 1.29 is 9.53 Å². The number of carbonyl (C=O) groups is 1. The summed E-state index contributed by atoms with van der Waals surface area (Å²) in [6, 6.07) is 15.4. The van der Waals surface area contributed by atoms with Gasteiger partial charge in [0.25, 0.3) is 0 Å². The van der Waals surface area contributed by atoms with Crippen molar-refractivity contribution in [1.29, 1.82) is 0 Å². The fourth-order valence-corrected chi connectivity index (χ4v) is 2.23. The Morgan fingerprint density at radius 1 is 1.11 bits per heavy atom. The van der Waals surface area contributed by atoms with E-state index in [2.05, 4.69) is 6.92 Å². The molecular weight excluding hydrogens is 224 g/mol. The molecule has 0 aliphatic carbocycles. The van der Waals surface area contributed by atoms with E-state index in [9.17, 15) is 4.79 Å². The molecule has 1 unspecified atom stereocenters. The van der Waals surface area contributed by atoms with Gasteiger partial charge >= 0.3 is 0 Å². The molecule has 3 rings (SSSR count). The molecule has 0 radical (unpaired) electrons. The SMILES string of the molecule is CC(CC(=O)c1ccccc1)c1cccc2c1O2. The van der Waals surface area contributed by atoms with E-state index >= 15 is 0 Å². The summed E-state index contributed by atoms with van der Waals surface area (Å²) < 4.78 is 5.37. The second-order valence-corrected chi connectivity index (χ2v) is 4.67. The second kappa shape index (κ2) is 4.30. The zero-order valence-electron chi connectivity index (χ0n) is 10.2. The van der Waals surface area contributed by atoms with Gasteiger partial charge in [0.1, 0.15) is 0 Å². The maximum atomic E-state index is 12.1. The Kier molecular flexibility index (Phi) is 2.63. The van der Waals surface area contributed by atoms with E-state index in [4.69, 9.17) is 4.74 Å². The third-order valence-corrected chi connectivity index (χ3v) is 3.30. The van der Waals surface area contributed by atoms with Crippen molar-refractivity contribution in [2.45, 2.75) is 19.3 Å². The van der Waals surface area contributed by atoms with Crippen molar-refractivity contribution in [1.82, 2.24) is 0 Å². The van der Waals surface area contributed by atoms with Gasteiger partial charge in [0.15, 0.2) is 17.3 Å². The lowest BCUT2D eigenvalue weighted by atomic mass is 9.93. The number of para-hydroxylation sites is 1. The van der Waals surface area contributed by atoms with Gasteiger partial charge in [-0.25, -0.2) is 0 Å². The maximum absolute atomic E-state index is 12.1. The summed E-state index contributed by atoms with van der Waals surface area (Å²) in [7, 11) is 0. The Morgan fingerprint density at radius 3 is 2.67 bits per heavy atom. The van der Waals surface area contributed by atoms with Crippen LogP contribution in [0.3, 0.4) is 0 Å². The number of rotatable bonds is 4. The minimum Gasteiger partial charge on any atom is -0.449 e. The molecule has 2 nitrogen and oxygen atoms in total. The number of benzene rings is 2. The van der Waals surface area contributed by atoms with Gasteiger partial charge in [-0.3, -0.25) is 4.79 Å². The zero-order valence-corrected chi connectivity index (χ0v) is 10.2. The van der Waals surface area contributed by atoms with E-state index in [0.717, 1.165) is 22.6 Å². The van der Waals surface area contributed by atoms with E-state index in [1.54, 1.807) is 0 Å². The maximum Gasteiger partial charge on any atom is 0.173 e. The van der Waals surface area contributed by atoms with Gasteiger partial charge in [0.05, 0.1) is 0 Å². The highest BCUT2D eigenvalue weighted by Gasteiger charge is 2.27. The molecule has 2 aromatic rings. The number of Topliss-reactive ketones (excluding diaryl/α,β-unsaturated/α-hetero) is 1. The molecule has 90 valence electrons. The van der Waals surface area contributed by atoms with Crippen LogP contribution in [0.5, 0.6) is 11.5 Å². The van der Waals surface area contributed by atoms with Gasteiger partial charge in [-0.2, -0.15) is 0 Å². The first-order valence-electron chi connectivity index (χ1n) is 6.14. The lowest BCUT2D eigenvalue weighted by molar-refractivity contribution is 0.0975. The highest BCUT2D eigenvalue weighted by atomic mass is 16.6. The van der Waals surface area contributed by atoms with Crippen LogP contribution in [-0.2, 0) is 0 Å². The molecule has 1 heterocycles.